The molecule has 0 saturated heterocycles. The van der Waals surface area contributed by atoms with Crippen molar-refractivity contribution in [3.05, 3.63) is 28.8 Å². The summed E-state index contributed by atoms with van der Waals surface area (Å²) < 4.78 is 0. The highest BCUT2D eigenvalue weighted by Crippen LogP contribution is 2.16. The van der Waals surface area contributed by atoms with Gasteiger partial charge >= 0.3 is 0 Å². The minimum Gasteiger partial charge on any atom is -0.399 e. The fraction of sp³-hybridized carbons (Fsp3) is 0.273. The van der Waals surface area contributed by atoms with Gasteiger partial charge in [-0.2, -0.15) is 0 Å². The molecule has 0 fully saturated rings. The van der Waals surface area contributed by atoms with Gasteiger partial charge in [0.1, 0.15) is 0 Å². The SMILES string of the molecule is Cc1cc(N)cc(C)c1C#CCBr. The summed E-state index contributed by atoms with van der Waals surface area (Å²) in [5.74, 6) is 6.10. The first-order valence-corrected chi connectivity index (χ1v) is 5.19. The lowest BCUT2D eigenvalue weighted by molar-refractivity contribution is 1.35. The van der Waals surface area contributed by atoms with Gasteiger partial charge < -0.3 is 5.73 Å². The number of nitrogen functional groups attached to an aromatic ring is 1. The fourth-order valence-electron chi connectivity index (χ4n) is 1.32. The summed E-state index contributed by atoms with van der Waals surface area (Å²) in [6.07, 6.45) is 0. The predicted octanol–water partition coefficient (Wildman–Crippen LogP) is 2.63. The van der Waals surface area contributed by atoms with E-state index in [1.165, 1.54) is 0 Å². The minimum absolute atomic E-state index is 0.705. The van der Waals surface area contributed by atoms with Crippen molar-refractivity contribution < 1.29 is 0 Å². The smallest absolute Gasteiger partial charge is 0.0649 e. The van der Waals surface area contributed by atoms with Gasteiger partial charge in [0.05, 0.1) is 5.33 Å². The molecule has 0 radical (unpaired) electrons. The molecule has 1 rings (SSSR count). The Morgan fingerprint density at radius 2 is 1.85 bits per heavy atom. The second kappa shape index (κ2) is 4.34. The first-order chi connectivity index (χ1) is 6.15. The van der Waals surface area contributed by atoms with Gasteiger partial charge in [-0.1, -0.05) is 27.8 Å². The van der Waals surface area contributed by atoms with E-state index in [0.29, 0.717) is 5.33 Å². The van der Waals surface area contributed by atoms with E-state index in [0.717, 1.165) is 22.4 Å². The molecule has 0 heterocycles. The Kier molecular flexibility index (Phi) is 3.39. The van der Waals surface area contributed by atoms with Crippen LogP contribution in [0.15, 0.2) is 12.1 Å². The molecule has 1 aromatic rings. The molecule has 0 bridgehead atoms. The molecule has 2 N–H and O–H groups in total. The number of rotatable bonds is 0. The van der Waals surface area contributed by atoms with Crippen LogP contribution in [0.2, 0.25) is 0 Å². The molecule has 68 valence electrons. The first kappa shape index (κ1) is 10.1. The largest absolute Gasteiger partial charge is 0.399 e. The maximum atomic E-state index is 5.70. The minimum atomic E-state index is 0.705. The Bertz CT molecular complexity index is 348. The van der Waals surface area contributed by atoms with Crippen molar-refractivity contribution in [2.24, 2.45) is 0 Å². The van der Waals surface area contributed by atoms with Gasteiger partial charge in [0.15, 0.2) is 0 Å². The van der Waals surface area contributed by atoms with Crippen LogP contribution in [0.5, 0.6) is 0 Å². The summed E-state index contributed by atoms with van der Waals surface area (Å²) in [5, 5.41) is 0.705. The lowest BCUT2D eigenvalue weighted by Gasteiger charge is -2.04. The fourth-order valence-corrected chi connectivity index (χ4v) is 1.46. The zero-order valence-electron chi connectivity index (χ0n) is 7.82. The van der Waals surface area contributed by atoms with Gasteiger partial charge in [0.25, 0.3) is 0 Å². The number of halogens is 1. The van der Waals surface area contributed by atoms with E-state index in [-0.39, 0.29) is 0 Å². The second-order valence-corrected chi connectivity index (χ2v) is 3.53. The quantitative estimate of drug-likeness (QED) is 0.419. The third-order valence-corrected chi connectivity index (χ3v) is 2.12. The third-order valence-electron chi connectivity index (χ3n) is 1.84. The monoisotopic (exact) mass is 237 g/mol. The Labute approximate surface area is 87.5 Å². The van der Waals surface area contributed by atoms with E-state index in [4.69, 9.17) is 5.73 Å². The van der Waals surface area contributed by atoms with E-state index in [9.17, 15) is 0 Å². The summed E-state index contributed by atoms with van der Waals surface area (Å²) in [6, 6.07) is 3.90. The Morgan fingerprint density at radius 1 is 1.31 bits per heavy atom. The number of hydrogen-bond donors (Lipinski definition) is 1. The van der Waals surface area contributed by atoms with Gasteiger partial charge in [-0.15, -0.1) is 0 Å². The summed E-state index contributed by atoms with van der Waals surface area (Å²) >= 11 is 3.27. The van der Waals surface area contributed by atoms with Crippen molar-refractivity contribution >= 4 is 21.6 Å². The van der Waals surface area contributed by atoms with E-state index in [1.54, 1.807) is 0 Å². The molecule has 2 heteroatoms. The molecule has 1 nitrogen and oxygen atoms in total. The summed E-state index contributed by atoms with van der Waals surface area (Å²) in [4.78, 5) is 0. The van der Waals surface area contributed by atoms with Gasteiger partial charge in [0, 0.05) is 11.3 Å². The molecule has 0 spiro atoms. The maximum Gasteiger partial charge on any atom is 0.0649 e. The summed E-state index contributed by atoms with van der Waals surface area (Å²) in [6.45, 7) is 4.06. The van der Waals surface area contributed by atoms with Crippen LogP contribution in [0, 0.1) is 25.7 Å². The molecule has 1 aromatic carbocycles. The predicted molar refractivity (Wildman–Crippen MR) is 61.0 cm³/mol. The summed E-state index contributed by atoms with van der Waals surface area (Å²) in [7, 11) is 0. The third kappa shape index (κ3) is 2.50. The molecule has 0 amide bonds. The van der Waals surface area contributed by atoms with Crippen LogP contribution in [-0.4, -0.2) is 5.33 Å². The number of benzene rings is 1. The van der Waals surface area contributed by atoms with Gasteiger partial charge in [-0.05, 0) is 37.1 Å². The van der Waals surface area contributed by atoms with Crippen LogP contribution in [-0.2, 0) is 0 Å². The van der Waals surface area contributed by atoms with Crippen LogP contribution in [0.4, 0.5) is 5.69 Å². The van der Waals surface area contributed by atoms with E-state index in [2.05, 4.69) is 27.8 Å². The number of hydrogen-bond acceptors (Lipinski definition) is 1. The van der Waals surface area contributed by atoms with Gasteiger partial charge in [0.2, 0.25) is 0 Å². The Morgan fingerprint density at radius 3 is 2.31 bits per heavy atom. The highest BCUT2D eigenvalue weighted by atomic mass is 79.9. The maximum absolute atomic E-state index is 5.70. The standard InChI is InChI=1S/C11H12BrN/c1-8-6-10(13)7-9(2)11(8)4-3-5-12/h6-7H,5,13H2,1-2H3. The molecular formula is C11H12BrN. The van der Waals surface area contributed by atoms with Crippen LogP contribution >= 0.6 is 15.9 Å². The second-order valence-electron chi connectivity index (χ2n) is 2.97. The normalized spacial score (nSPS) is 9.15. The van der Waals surface area contributed by atoms with Crippen LogP contribution in [0.1, 0.15) is 16.7 Å². The van der Waals surface area contributed by atoms with Gasteiger partial charge in [-0.3, -0.25) is 0 Å². The molecule has 13 heavy (non-hydrogen) atoms. The van der Waals surface area contributed by atoms with Crippen LogP contribution in [0.3, 0.4) is 0 Å². The highest BCUT2D eigenvalue weighted by molar-refractivity contribution is 9.09. The van der Waals surface area contributed by atoms with Crippen molar-refractivity contribution in [3.63, 3.8) is 0 Å². The Balaban J connectivity index is 3.21. The number of anilines is 1. The topological polar surface area (TPSA) is 26.0 Å². The van der Waals surface area contributed by atoms with E-state index < -0.39 is 0 Å². The first-order valence-electron chi connectivity index (χ1n) is 4.06. The molecule has 0 aliphatic carbocycles. The van der Waals surface area contributed by atoms with Gasteiger partial charge in [-0.25, -0.2) is 0 Å². The lowest BCUT2D eigenvalue weighted by atomic mass is 10.0. The van der Waals surface area contributed by atoms with Crippen molar-refractivity contribution in [1.29, 1.82) is 0 Å². The molecule has 0 saturated carbocycles. The average Bonchev–Trinajstić information content (AvgIpc) is 2.02. The van der Waals surface area contributed by atoms with Crippen molar-refractivity contribution in [1.82, 2.24) is 0 Å². The van der Waals surface area contributed by atoms with Crippen LogP contribution in [0.25, 0.3) is 0 Å². The zero-order chi connectivity index (χ0) is 9.84. The molecular weight excluding hydrogens is 226 g/mol. The molecule has 0 aromatic heterocycles. The molecule has 0 atom stereocenters. The van der Waals surface area contributed by atoms with Crippen molar-refractivity contribution in [2.45, 2.75) is 13.8 Å². The summed E-state index contributed by atoms with van der Waals surface area (Å²) in [5.41, 5.74) is 9.88. The molecule has 0 aliphatic heterocycles. The molecule has 0 aliphatic rings. The van der Waals surface area contributed by atoms with E-state index >= 15 is 0 Å². The number of alkyl halides is 1. The average molecular weight is 238 g/mol. The number of nitrogens with two attached hydrogens (primary N) is 1. The van der Waals surface area contributed by atoms with Crippen molar-refractivity contribution in [3.8, 4) is 11.8 Å². The Hall–Kier alpha value is -0.940. The van der Waals surface area contributed by atoms with Crippen LogP contribution < -0.4 is 5.73 Å². The van der Waals surface area contributed by atoms with Crippen molar-refractivity contribution in [2.75, 3.05) is 11.1 Å². The highest BCUT2D eigenvalue weighted by Gasteiger charge is 1.99. The zero-order valence-corrected chi connectivity index (χ0v) is 9.40. The van der Waals surface area contributed by atoms with E-state index in [1.807, 2.05) is 26.0 Å². The number of aryl methyl sites for hydroxylation is 2. The lowest BCUT2D eigenvalue weighted by Crippen LogP contribution is -1.92. The molecule has 0 unspecified atom stereocenters.